The number of hydrogen-bond acceptors (Lipinski definition) is 6. The van der Waals surface area contributed by atoms with Gasteiger partial charge in [0.2, 0.25) is 0 Å². The van der Waals surface area contributed by atoms with Crippen molar-refractivity contribution in [2.24, 2.45) is 0 Å². The van der Waals surface area contributed by atoms with Crippen molar-refractivity contribution in [3.63, 3.8) is 0 Å². The summed E-state index contributed by atoms with van der Waals surface area (Å²) in [5.41, 5.74) is 1.29. The van der Waals surface area contributed by atoms with E-state index in [0.717, 1.165) is 11.0 Å². The minimum absolute atomic E-state index is 0.0177. The number of carbonyl (C=O) groups excluding carboxylic acids is 1. The quantitative estimate of drug-likeness (QED) is 0.461. The van der Waals surface area contributed by atoms with E-state index in [4.69, 9.17) is 17.1 Å². The first-order chi connectivity index (χ1) is 19.3. The van der Waals surface area contributed by atoms with Gasteiger partial charge < -0.3 is 15.0 Å². The van der Waals surface area contributed by atoms with Crippen LogP contribution in [-0.4, -0.2) is 42.8 Å². The van der Waals surface area contributed by atoms with E-state index in [1.807, 2.05) is 6.07 Å². The zero-order valence-electron chi connectivity index (χ0n) is 27.0. The molecule has 0 aliphatic carbocycles. The lowest BCUT2D eigenvalue weighted by Crippen LogP contribution is -2.11. The van der Waals surface area contributed by atoms with Crippen molar-refractivity contribution in [1.82, 2.24) is 9.88 Å². The molecule has 0 fully saturated rings. The number of carbonyl (C=O) groups is 1. The molecule has 7 heteroatoms. The monoisotopic (exact) mass is 455 g/mol. The lowest BCUT2D eigenvalue weighted by Gasteiger charge is -2.15. The van der Waals surface area contributed by atoms with Crippen LogP contribution < -0.4 is 10.1 Å². The van der Waals surface area contributed by atoms with Crippen LogP contribution in [-0.2, 0) is 11.2 Å². The van der Waals surface area contributed by atoms with Crippen LogP contribution in [0.25, 0.3) is 10.9 Å². The lowest BCUT2D eigenvalue weighted by atomic mass is 10.0. The number of aryl methyl sites for hydroxylation is 1. The van der Waals surface area contributed by atoms with Gasteiger partial charge in [0.15, 0.2) is 5.78 Å². The summed E-state index contributed by atoms with van der Waals surface area (Å²) in [5, 5.41) is 13.1. The van der Waals surface area contributed by atoms with E-state index in [-0.39, 0.29) is 46.1 Å². The van der Waals surface area contributed by atoms with Crippen molar-refractivity contribution in [1.29, 1.82) is 5.26 Å². The fourth-order valence-corrected chi connectivity index (χ4v) is 3.17. The van der Waals surface area contributed by atoms with Crippen LogP contribution in [0.15, 0.2) is 48.7 Å². The first-order valence-corrected chi connectivity index (χ1v) is 9.81. The summed E-state index contributed by atoms with van der Waals surface area (Å²) in [4.78, 5) is 18.1. The van der Waals surface area contributed by atoms with Gasteiger partial charge in [-0.15, -0.1) is 0 Å². The fourth-order valence-electron chi connectivity index (χ4n) is 3.17. The summed E-state index contributed by atoms with van der Waals surface area (Å²) in [6, 6.07) is 8.55. The number of fused-ring (bicyclic) bond motifs is 1. The molecule has 0 spiro atoms. The standard InChI is InChI=1S/C26H27FN4O2/c1-5-33-25-14-24-22(13-18(25)12-21(32)7-6-10-31(3)4)26(19(15-28)16-29-24)30-20-8-9-23(27)17(2)11-20/h6-9,11,13-14,16H,5,10,12H2,1-4H3,(H,29,30)/b7-6+/i1D3,3D3,5D2,6D. The maximum absolute atomic E-state index is 13.8. The molecule has 0 aliphatic rings. The van der Waals surface area contributed by atoms with E-state index < -0.39 is 38.4 Å². The molecule has 0 atom stereocenters. The summed E-state index contributed by atoms with van der Waals surface area (Å²) in [5.74, 6) is -1.42. The van der Waals surface area contributed by atoms with Crippen molar-refractivity contribution in [2.45, 2.75) is 20.2 Å². The highest BCUT2D eigenvalue weighted by molar-refractivity contribution is 5.98. The molecule has 0 aliphatic heterocycles. The van der Waals surface area contributed by atoms with Gasteiger partial charge in [0.05, 0.1) is 27.4 Å². The van der Waals surface area contributed by atoms with Gasteiger partial charge in [0.1, 0.15) is 17.6 Å². The predicted octanol–water partition coefficient (Wildman–Crippen LogP) is 4.93. The normalized spacial score (nSPS) is 16.7. The molecule has 6 nitrogen and oxygen atoms in total. The fraction of sp³-hybridized carbons (Fsp3) is 0.269. The molecule has 0 amide bonds. The minimum Gasteiger partial charge on any atom is -0.494 e. The van der Waals surface area contributed by atoms with Crippen molar-refractivity contribution in [2.75, 3.05) is 32.4 Å². The van der Waals surface area contributed by atoms with Gasteiger partial charge in [-0.25, -0.2) is 4.39 Å². The molecular formula is C26H27FN4O2. The van der Waals surface area contributed by atoms with Crippen molar-refractivity contribution in [3.05, 3.63) is 71.2 Å². The highest BCUT2D eigenvalue weighted by atomic mass is 19.1. The lowest BCUT2D eigenvalue weighted by molar-refractivity contribution is -0.114. The highest BCUT2D eigenvalue weighted by Gasteiger charge is 2.16. The highest BCUT2D eigenvalue weighted by Crippen LogP contribution is 2.34. The van der Waals surface area contributed by atoms with Gasteiger partial charge in [-0.3, -0.25) is 9.78 Å². The number of nitrogens with one attached hydrogen (secondary N) is 1. The Morgan fingerprint density at radius 1 is 1.45 bits per heavy atom. The SMILES string of the molecule is [2H]/C(=C\C(=O)Cc1cc2c(Nc3ccc(F)c(C)c3)c(C#N)cnc2cc1OC([2H])([2H])C([2H])([2H])[2H])CN(C)C([2H])([2H])[2H]. The molecule has 0 unspecified atom stereocenters. The summed E-state index contributed by atoms with van der Waals surface area (Å²) in [6.45, 7) is -7.63. The Hall–Kier alpha value is -3.76. The summed E-state index contributed by atoms with van der Waals surface area (Å²) in [7, 11) is 1.27. The second kappa shape index (κ2) is 10.7. The first-order valence-electron chi connectivity index (χ1n) is 14.3. The Morgan fingerprint density at radius 2 is 2.30 bits per heavy atom. The Labute approximate surface area is 206 Å². The Bertz CT molecular complexity index is 1580. The molecule has 3 aromatic rings. The Balaban J connectivity index is 2.14. The molecule has 3 rings (SSSR count). The molecule has 1 heterocycles. The molecule has 0 bridgehead atoms. The molecule has 1 aromatic heterocycles. The third-order valence-electron chi connectivity index (χ3n) is 4.72. The van der Waals surface area contributed by atoms with E-state index in [1.165, 1.54) is 43.6 Å². The third-order valence-corrected chi connectivity index (χ3v) is 4.72. The molecular weight excluding hydrogens is 419 g/mol. The average molecular weight is 456 g/mol. The zero-order valence-corrected chi connectivity index (χ0v) is 18.0. The number of pyridine rings is 1. The molecule has 0 saturated heterocycles. The zero-order chi connectivity index (χ0) is 31.6. The van der Waals surface area contributed by atoms with Gasteiger partial charge in [-0.1, -0.05) is 6.05 Å². The number of ether oxygens (including phenoxy) is 1. The van der Waals surface area contributed by atoms with Crippen LogP contribution in [0.5, 0.6) is 5.75 Å². The van der Waals surface area contributed by atoms with Gasteiger partial charge in [0, 0.05) is 50.1 Å². The van der Waals surface area contributed by atoms with Gasteiger partial charge in [-0.2, -0.15) is 5.26 Å². The van der Waals surface area contributed by atoms with E-state index in [9.17, 15) is 14.4 Å². The van der Waals surface area contributed by atoms with Crippen molar-refractivity contribution in [3.8, 4) is 11.8 Å². The van der Waals surface area contributed by atoms with Crippen LogP contribution in [0.4, 0.5) is 15.8 Å². The van der Waals surface area contributed by atoms with Crippen molar-refractivity contribution < 1.29 is 26.3 Å². The number of halogens is 1. The topological polar surface area (TPSA) is 78.2 Å². The van der Waals surface area contributed by atoms with Crippen LogP contribution in [0.3, 0.4) is 0 Å². The van der Waals surface area contributed by atoms with Gasteiger partial charge in [0.25, 0.3) is 0 Å². The number of allylic oxidation sites excluding steroid dienone is 1. The largest absolute Gasteiger partial charge is 0.494 e. The average Bonchev–Trinajstić information content (AvgIpc) is 2.85. The number of rotatable bonds is 9. The molecule has 33 heavy (non-hydrogen) atoms. The maximum atomic E-state index is 13.8. The third kappa shape index (κ3) is 5.93. The van der Waals surface area contributed by atoms with E-state index >= 15 is 0 Å². The number of ketones is 1. The van der Waals surface area contributed by atoms with Crippen molar-refractivity contribution >= 4 is 28.1 Å². The first kappa shape index (κ1) is 14.4. The smallest absolute Gasteiger partial charge is 0.159 e. The maximum Gasteiger partial charge on any atom is 0.159 e. The summed E-state index contributed by atoms with van der Waals surface area (Å²) in [6.07, 6.45) is 1.66. The van der Waals surface area contributed by atoms with E-state index in [2.05, 4.69) is 10.3 Å². The van der Waals surface area contributed by atoms with Crippen LogP contribution in [0, 0.1) is 24.1 Å². The molecule has 1 N–H and O–H groups in total. The van der Waals surface area contributed by atoms with Crippen LogP contribution in [0.2, 0.25) is 0 Å². The molecule has 2 aromatic carbocycles. The van der Waals surface area contributed by atoms with Gasteiger partial charge >= 0.3 is 0 Å². The van der Waals surface area contributed by atoms with E-state index in [0.29, 0.717) is 11.3 Å². The number of aromatic nitrogens is 1. The van der Waals surface area contributed by atoms with Crippen LogP contribution in [0.1, 0.15) is 35.9 Å². The second-order valence-electron chi connectivity index (χ2n) is 7.28. The number of nitrogens with zero attached hydrogens (tertiary/aromatic N) is 3. The number of benzene rings is 2. The number of hydrogen-bond donors (Lipinski definition) is 1. The predicted molar refractivity (Wildman–Crippen MR) is 128 cm³/mol. The summed E-state index contributed by atoms with van der Waals surface area (Å²) >= 11 is 0. The van der Waals surface area contributed by atoms with Gasteiger partial charge in [-0.05, 0) is 63.7 Å². The van der Waals surface area contributed by atoms with Crippen LogP contribution >= 0.6 is 0 Å². The molecule has 0 saturated carbocycles. The number of anilines is 2. The number of nitriles is 1. The second-order valence-corrected chi connectivity index (χ2v) is 7.28. The number of likely N-dealkylation sites (N-methyl/N-ethyl adjacent to an activating group) is 1. The molecule has 0 radical (unpaired) electrons. The molecule has 170 valence electrons. The minimum atomic E-state index is -3.19. The Kier molecular flexibility index (Phi) is 4.67. The van der Waals surface area contributed by atoms with E-state index in [1.54, 1.807) is 6.92 Å². The Morgan fingerprint density at radius 3 is 3.03 bits per heavy atom. The summed E-state index contributed by atoms with van der Waals surface area (Å²) < 4.78 is 87.7.